The van der Waals surface area contributed by atoms with Crippen molar-refractivity contribution < 1.29 is 5.11 Å². The summed E-state index contributed by atoms with van der Waals surface area (Å²) in [7, 11) is 0. The van der Waals surface area contributed by atoms with Gasteiger partial charge in [0, 0.05) is 0 Å². The molecule has 0 bridgehead atoms. The average Bonchev–Trinajstić information content (AvgIpc) is 2.15. The number of rotatable bonds is 1. The van der Waals surface area contributed by atoms with Gasteiger partial charge in [-0.1, -0.05) is 30.7 Å². The van der Waals surface area contributed by atoms with Gasteiger partial charge in [0.2, 0.25) is 0 Å². The lowest BCUT2D eigenvalue weighted by molar-refractivity contribution is -0.0249. The zero-order valence-electron chi connectivity index (χ0n) is 11.0. The molecule has 0 unspecified atom stereocenters. The molecule has 0 heterocycles. The van der Waals surface area contributed by atoms with Gasteiger partial charge in [-0.15, -0.1) is 0 Å². The van der Waals surface area contributed by atoms with Crippen LogP contribution in [-0.4, -0.2) is 10.7 Å². The van der Waals surface area contributed by atoms with E-state index in [1.807, 2.05) is 13.8 Å². The van der Waals surface area contributed by atoms with E-state index in [1.165, 1.54) is 12.0 Å². The van der Waals surface area contributed by atoms with Crippen molar-refractivity contribution >= 4 is 0 Å². The molecule has 2 aliphatic rings. The molecule has 0 amide bonds. The predicted octanol–water partition coefficient (Wildman–Crippen LogP) is 3.70. The minimum Gasteiger partial charge on any atom is -0.390 e. The molecule has 16 heavy (non-hydrogen) atoms. The normalized spacial score (nSPS) is 39.2. The number of allylic oxidation sites excluding steroid dienone is 4. The van der Waals surface area contributed by atoms with E-state index in [4.69, 9.17) is 0 Å². The van der Waals surface area contributed by atoms with Gasteiger partial charge in [-0.3, -0.25) is 0 Å². The van der Waals surface area contributed by atoms with Gasteiger partial charge in [-0.05, 0) is 57.3 Å². The van der Waals surface area contributed by atoms with Crippen LogP contribution in [0, 0.1) is 17.3 Å². The molecule has 0 spiro atoms. The van der Waals surface area contributed by atoms with Crippen LogP contribution in [0.4, 0.5) is 0 Å². The van der Waals surface area contributed by atoms with Crippen LogP contribution in [0.1, 0.15) is 47.0 Å². The zero-order valence-corrected chi connectivity index (χ0v) is 11.0. The summed E-state index contributed by atoms with van der Waals surface area (Å²) in [6.07, 6.45) is 10.3. The van der Waals surface area contributed by atoms with Crippen LogP contribution < -0.4 is 0 Å². The molecule has 1 saturated carbocycles. The monoisotopic (exact) mass is 220 g/mol. The minimum absolute atomic E-state index is 0.334. The molecule has 1 N–H and O–H groups in total. The van der Waals surface area contributed by atoms with Gasteiger partial charge in [-0.2, -0.15) is 0 Å². The molecule has 2 aliphatic carbocycles. The van der Waals surface area contributed by atoms with Gasteiger partial charge in [0.15, 0.2) is 0 Å². The Hall–Kier alpha value is -0.560. The maximum atomic E-state index is 10.2. The summed E-state index contributed by atoms with van der Waals surface area (Å²) in [5.74, 6) is 1.07. The molecule has 0 aliphatic heterocycles. The first-order valence-electron chi connectivity index (χ1n) is 6.41. The van der Waals surface area contributed by atoms with Crippen LogP contribution in [0.5, 0.6) is 0 Å². The zero-order chi connectivity index (χ0) is 12.0. The molecule has 3 atom stereocenters. The van der Waals surface area contributed by atoms with Crippen LogP contribution in [0.25, 0.3) is 0 Å². The lowest BCUT2D eigenvalue weighted by Crippen LogP contribution is -2.42. The highest BCUT2D eigenvalue weighted by Crippen LogP contribution is 2.51. The van der Waals surface area contributed by atoms with Crippen molar-refractivity contribution in [2.45, 2.75) is 52.6 Å². The fraction of sp³-hybridized carbons (Fsp3) is 0.733. The van der Waals surface area contributed by atoms with Gasteiger partial charge >= 0.3 is 0 Å². The molecule has 0 radical (unpaired) electrons. The van der Waals surface area contributed by atoms with E-state index in [2.05, 4.69) is 32.1 Å². The molecule has 0 aromatic rings. The topological polar surface area (TPSA) is 20.2 Å². The Balaban J connectivity index is 2.21. The fourth-order valence-electron chi connectivity index (χ4n) is 3.41. The molecule has 0 aromatic heterocycles. The van der Waals surface area contributed by atoms with Crippen molar-refractivity contribution in [1.82, 2.24) is 0 Å². The summed E-state index contributed by atoms with van der Waals surface area (Å²) in [6.45, 7) is 8.51. The molecule has 0 aromatic carbocycles. The van der Waals surface area contributed by atoms with E-state index in [9.17, 15) is 5.11 Å². The Morgan fingerprint density at radius 2 is 2.12 bits per heavy atom. The molecule has 0 saturated heterocycles. The first-order chi connectivity index (χ1) is 7.33. The second-order valence-electron chi connectivity index (χ2n) is 6.45. The van der Waals surface area contributed by atoms with E-state index >= 15 is 0 Å². The van der Waals surface area contributed by atoms with E-state index in [0.717, 1.165) is 12.8 Å². The van der Waals surface area contributed by atoms with Gasteiger partial charge in [0.05, 0.1) is 5.60 Å². The number of hydrogen-bond donors (Lipinski definition) is 1. The molecular formula is C15H24O. The minimum atomic E-state index is -0.525. The van der Waals surface area contributed by atoms with Crippen molar-refractivity contribution in [3.63, 3.8) is 0 Å². The van der Waals surface area contributed by atoms with Gasteiger partial charge in [-0.25, -0.2) is 0 Å². The van der Waals surface area contributed by atoms with Crippen LogP contribution in [0.3, 0.4) is 0 Å². The molecule has 2 rings (SSSR count). The second-order valence-corrected chi connectivity index (χ2v) is 6.45. The first-order valence-corrected chi connectivity index (χ1v) is 6.41. The average molecular weight is 220 g/mol. The van der Waals surface area contributed by atoms with Crippen LogP contribution in [0.2, 0.25) is 0 Å². The van der Waals surface area contributed by atoms with Gasteiger partial charge in [0.25, 0.3) is 0 Å². The second kappa shape index (κ2) is 3.73. The van der Waals surface area contributed by atoms with Crippen molar-refractivity contribution in [3.8, 4) is 0 Å². The van der Waals surface area contributed by atoms with E-state index in [-0.39, 0.29) is 0 Å². The number of aliphatic hydroxyl groups is 1. The largest absolute Gasteiger partial charge is 0.390 e. The summed E-state index contributed by atoms with van der Waals surface area (Å²) < 4.78 is 0. The van der Waals surface area contributed by atoms with Crippen LogP contribution >= 0.6 is 0 Å². The summed E-state index contributed by atoms with van der Waals surface area (Å²) in [5.41, 5.74) is 1.29. The third-order valence-corrected chi connectivity index (χ3v) is 4.73. The highest BCUT2D eigenvalue weighted by Gasteiger charge is 2.43. The standard InChI is InChI=1S/C15H24O/c1-11-6-5-8-15(4)9-7-12(10-13(11)15)14(2,3)16/h5-6,8,12-13,16H,7,9-10H2,1-4H3/t12-,13+,15+/m0/s1. The highest BCUT2D eigenvalue weighted by molar-refractivity contribution is 5.26. The lowest BCUT2D eigenvalue weighted by Gasteiger charge is -2.47. The first kappa shape index (κ1) is 11.9. The van der Waals surface area contributed by atoms with Crippen LogP contribution in [0.15, 0.2) is 23.8 Å². The summed E-state index contributed by atoms with van der Waals surface area (Å²) >= 11 is 0. The van der Waals surface area contributed by atoms with E-state index in [1.54, 1.807) is 0 Å². The quantitative estimate of drug-likeness (QED) is 0.714. The molecule has 1 nitrogen and oxygen atoms in total. The number of hydrogen-bond acceptors (Lipinski definition) is 1. The molecular weight excluding hydrogens is 196 g/mol. The molecule has 1 fully saturated rings. The predicted molar refractivity (Wildman–Crippen MR) is 68.1 cm³/mol. The maximum Gasteiger partial charge on any atom is 0.0620 e. The Kier molecular flexibility index (Phi) is 2.78. The molecule has 90 valence electrons. The Morgan fingerprint density at radius 1 is 1.44 bits per heavy atom. The summed E-state index contributed by atoms with van der Waals surface area (Å²) in [6, 6.07) is 0. The third-order valence-electron chi connectivity index (χ3n) is 4.73. The highest BCUT2D eigenvalue weighted by atomic mass is 16.3. The van der Waals surface area contributed by atoms with E-state index in [0.29, 0.717) is 17.3 Å². The van der Waals surface area contributed by atoms with Crippen molar-refractivity contribution in [3.05, 3.63) is 23.8 Å². The smallest absolute Gasteiger partial charge is 0.0620 e. The van der Waals surface area contributed by atoms with Crippen molar-refractivity contribution in [1.29, 1.82) is 0 Å². The third kappa shape index (κ3) is 1.98. The summed E-state index contributed by atoms with van der Waals surface area (Å²) in [4.78, 5) is 0. The van der Waals surface area contributed by atoms with Gasteiger partial charge in [0.1, 0.15) is 0 Å². The Morgan fingerprint density at radius 3 is 2.75 bits per heavy atom. The molecule has 1 heteroatoms. The Labute approximate surface area is 99.3 Å². The Bertz CT molecular complexity index is 332. The van der Waals surface area contributed by atoms with Gasteiger partial charge < -0.3 is 5.11 Å². The van der Waals surface area contributed by atoms with Crippen molar-refractivity contribution in [2.75, 3.05) is 0 Å². The SMILES string of the molecule is CC1=CC=C[C@]2(C)CC[C@H](C(C)(C)O)C[C@H]12. The summed E-state index contributed by atoms with van der Waals surface area (Å²) in [5, 5.41) is 10.2. The van der Waals surface area contributed by atoms with E-state index < -0.39 is 5.60 Å². The van der Waals surface area contributed by atoms with Crippen LogP contribution in [-0.2, 0) is 0 Å². The lowest BCUT2D eigenvalue weighted by atomic mass is 9.58. The number of fused-ring (bicyclic) bond motifs is 1. The fourth-order valence-corrected chi connectivity index (χ4v) is 3.41. The maximum absolute atomic E-state index is 10.2. The van der Waals surface area contributed by atoms with Crippen molar-refractivity contribution in [2.24, 2.45) is 17.3 Å².